The molecule has 0 saturated carbocycles. The van der Waals surface area contributed by atoms with Crippen molar-refractivity contribution >= 4 is 29.2 Å². The van der Waals surface area contributed by atoms with Gasteiger partial charge in [0.1, 0.15) is 0 Å². The van der Waals surface area contributed by atoms with Gasteiger partial charge in [0.25, 0.3) is 0 Å². The normalized spacial score (nSPS) is 18.8. The predicted octanol–water partition coefficient (Wildman–Crippen LogP) is 2.50. The highest BCUT2D eigenvalue weighted by Crippen LogP contribution is 2.26. The molecular formula is C17H22N2O4. The maximum absolute atomic E-state index is 11.9. The molecule has 1 aliphatic rings. The average Bonchev–Trinajstić information content (AvgIpc) is 2.90. The Morgan fingerprint density at radius 2 is 2.00 bits per heavy atom. The highest BCUT2D eigenvalue weighted by Gasteiger charge is 2.34. The SMILES string of the molecule is CC[C@H](C)CC(=O)Nc1ccc(N2C[C@H](C(=O)O)CC2=O)cc1. The Bertz CT molecular complexity index is 597. The quantitative estimate of drug-likeness (QED) is 0.843. The molecule has 0 bridgehead atoms. The van der Waals surface area contributed by atoms with Crippen LogP contribution in [0.5, 0.6) is 0 Å². The molecule has 2 amide bonds. The number of carboxylic acid groups (broad SMARTS) is 1. The van der Waals surface area contributed by atoms with Crippen LogP contribution < -0.4 is 10.2 Å². The van der Waals surface area contributed by atoms with Crippen molar-refractivity contribution in [3.8, 4) is 0 Å². The van der Waals surface area contributed by atoms with Crippen LogP contribution >= 0.6 is 0 Å². The lowest BCUT2D eigenvalue weighted by atomic mass is 10.1. The van der Waals surface area contributed by atoms with Crippen LogP contribution in [0, 0.1) is 11.8 Å². The minimum atomic E-state index is -0.949. The Labute approximate surface area is 135 Å². The van der Waals surface area contributed by atoms with E-state index in [1.54, 1.807) is 24.3 Å². The average molecular weight is 318 g/mol. The molecule has 1 aromatic rings. The van der Waals surface area contributed by atoms with E-state index in [0.717, 1.165) is 6.42 Å². The van der Waals surface area contributed by atoms with E-state index in [-0.39, 0.29) is 24.8 Å². The van der Waals surface area contributed by atoms with Crippen molar-refractivity contribution in [2.75, 3.05) is 16.8 Å². The van der Waals surface area contributed by atoms with Gasteiger partial charge in [0.05, 0.1) is 5.92 Å². The minimum Gasteiger partial charge on any atom is -0.481 e. The summed E-state index contributed by atoms with van der Waals surface area (Å²) in [5.74, 6) is -1.49. The number of carboxylic acids is 1. The minimum absolute atomic E-state index is 0.0305. The van der Waals surface area contributed by atoms with E-state index in [0.29, 0.717) is 23.7 Å². The van der Waals surface area contributed by atoms with E-state index in [1.165, 1.54) is 4.90 Å². The summed E-state index contributed by atoms with van der Waals surface area (Å²) in [5, 5.41) is 11.8. The van der Waals surface area contributed by atoms with Crippen molar-refractivity contribution < 1.29 is 19.5 Å². The van der Waals surface area contributed by atoms with Crippen LogP contribution in [0.3, 0.4) is 0 Å². The third-order valence-corrected chi connectivity index (χ3v) is 4.17. The maximum Gasteiger partial charge on any atom is 0.308 e. The van der Waals surface area contributed by atoms with Crippen molar-refractivity contribution in [3.63, 3.8) is 0 Å². The molecule has 6 heteroatoms. The van der Waals surface area contributed by atoms with Crippen molar-refractivity contribution in [3.05, 3.63) is 24.3 Å². The van der Waals surface area contributed by atoms with Crippen LogP contribution in [0.25, 0.3) is 0 Å². The molecule has 0 aliphatic carbocycles. The fraction of sp³-hybridized carbons (Fsp3) is 0.471. The van der Waals surface area contributed by atoms with Crippen LogP contribution in [-0.4, -0.2) is 29.4 Å². The Morgan fingerprint density at radius 3 is 2.52 bits per heavy atom. The Hall–Kier alpha value is -2.37. The van der Waals surface area contributed by atoms with Gasteiger partial charge < -0.3 is 15.3 Å². The maximum atomic E-state index is 11.9. The van der Waals surface area contributed by atoms with Gasteiger partial charge in [0.15, 0.2) is 0 Å². The molecule has 0 spiro atoms. The lowest BCUT2D eigenvalue weighted by molar-refractivity contribution is -0.141. The molecule has 0 radical (unpaired) electrons. The third-order valence-electron chi connectivity index (χ3n) is 4.17. The first-order valence-electron chi connectivity index (χ1n) is 7.83. The molecule has 1 aromatic carbocycles. The zero-order chi connectivity index (χ0) is 17.0. The van der Waals surface area contributed by atoms with E-state index < -0.39 is 11.9 Å². The summed E-state index contributed by atoms with van der Waals surface area (Å²) in [6.07, 6.45) is 1.46. The van der Waals surface area contributed by atoms with Crippen molar-refractivity contribution in [1.82, 2.24) is 0 Å². The number of amides is 2. The number of nitrogens with one attached hydrogen (secondary N) is 1. The molecule has 6 nitrogen and oxygen atoms in total. The summed E-state index contributed by atoms with van der Waals surface area (Å²) in [4.78, 5) is 36.2. The van der Waals surface area contributed by atoms with Crippen molar-refractivity contribution in [2.24, 2.45) is 11.8 Å². The summed E-state index contributed by atoms with van der Waals surface area (Å²) < 4.78 is 0. The van der Waals surface area contributed by atoms with Crippen molar-refractivity contribution in [2.45, 2.75) is 33.1 Å². The molecule has 1 heterocycles. The van der Waals surface area contributed by atoms with E-state index >= 15 is 0 Å². The van der Waals surface area contributed by atoms with Gasteiger partial charge in [-0.25, -0.2) is 0 Å². The van der Waals surface area contributed by atoms with Gasteiger partial charge in [-0.2, -0.15) is 0 Å². The summed E-state index contributed by atoms with van der Waals surface area (Å²) in [7, 11) is 0. The summed E-state index contributed by atoms with van der Waals surface area (Å²) in [5.41, 5.74) is 1.32. The molecule has 0 unspecified atom stereocenters. The smallest absolute Gasteiger partial charge is 0.308 e. The first-order valence-corrected chi connectivity index (χ1v) is 7.83. The molecule has 23 heavy (non-hydrogen) atoms. The van der Waals surface area contributed by atoms with Crippen LogP contribution in [0.15, 0.2) is 24.3 Å². The van der Waals surface area contributed by atoms with E-state index in [9.17, 15) is 14.4 Å². The second-order valence-electron chi connectivity index (χ2n) is 6.06. The van der Waals surface area contributed by atoms with Crippen LogP contribution in [0.4, 0.5) is 11.4 Å². The standard InChI is InChI=1S/C17H22N2O4/c1-3-11(2)8-15(20)18-13-4-6-14(7-5-13)19-10-12(17(22)23)9-16(19)21/h4-7,11-12H,3,8-10H2,1-2H3,(H,18,20)(H,22,23)/t11-,12+/m0/s1. The number of hydrogen-bond donors (Lipinski definition) is 2. The summed E-state index contributed by atoms with van der Waals surface area (Å²) >= 11 is 0. The number of carbonyl (C=O) groups excluding carboxylic acids is 2. The van der Waals surface area contributed by atoms with Gasteiger partial charge in [0, 0.05) is 30.8 Å². The summed E-state index contributed by atoms with van der Waals surface area (Å²) in [6.45, 7) is 4.26. The van der Waals surface area contributed by atoms with Gasteiger partial charge in [0.2, 0.25) is 11.8 Å². The Morgan fingerprint density at radius 1 is 1.35 bits per heavy atom. The monoisotopic (exact) mass is 318 g/mol. The number of aliphatic carboxylic acids is 1. The van der Waals surface area contributed by atoms with Crippen molar-refractivity contribution in [1.29, 1.82) is 0 Å². The number of benzene rings is 1. The van der Waals surface area contributed by atoms with Crippen LogP contribution in [0.1, 0.15) is 33.1 Å². The molecule has 1 fully saturated rings. The van der Waals surface area contributed by atoms with Gasteiger partial charge in [-0.1, -0.05) is 20.3 Å². The molecule has 1 saturated heterocycles. The van der Waals surface area contributed by atoms with Gasteiger partial charge in [-0.15, -0.1) is 0 Å². The van der Waals surface area contributed by atoms with E-state index in [1.807, 2.05) is 13.8 Å². The fourth-order valence-corrected chi connectivity index (χ4v) is 2.52. The molecule has 0 aromatic heterocycles. The lowest BCUT2D eigenvalue weighted by Crippen LogP contribution is -2.25. The third kappa shape index (κ3) is 4.31. The highest BCUT2D eigenvalue weighted by molar-refractivity contribution is 5.99. The molecule has 1 aliphatic heterocycles. The largest absolute Gasteiger partial charge is 0.481 e. The molecule has 2 atom stereocenters. The van der Waals surface area contributed by atoms with Gasteiger partial charge in [-0.05, 0) is 30.2 Å². The van der Waals surface area contributed by atoms with Crippen LogP contribution in [-0.2, 0) is 14.4 Å². The number of nitrogens with zero attached hydrogens (tertiary/aromatic N) is 1. The van der Waals surface area contributed by atoms with Gasteiger partial charge >= 0.3 is 5.97 Å². The first kappa shape index (κ1) is 17.0. The Kier molecular flexibility index (Phi) is 5.36. The number of hydrogen-bond acceptors (Lipinski definition) is 3. The zero-order valence-corrected chi connectivity index (χ0v) is 13.4. The number of carbonyl (C=O) groups is 3. The van der Waals surface area contributed by atoms with E-state index in [4.69, 9.17) is 5.11 Å². The second-order valence-corrected chi connectivity index (χ2v) is 6.06. The molecule has 2 rings (SSSR count). The first-order chi connectivity index (χ1) is 10.9. The fourth-order valence-electron chi connectivity index (χ4n) is 2.52. The summed E-state index contributed by atoms with van der Waals surface area (Å²) in [6, 6.07) is 6.90. The topological polar surface area (TPSA) is 86.7 Å². The lowest BCUT2D eigenvalue weighted by Gasteiger charge is -2.17. The Balaban J connectivity index is 1.98. The molecule has 124 valence electrons. The number of rotatable bonds is 6. The van der Waals surface area contributed by atoms with Crippen LogP contribution in [0.2, 0.25) is 0 Å². The number of anilines is 2. The van der Waals surface area contributed by atoms with Gasteiger partial charge in [-0.3, -0.25) is 14.4 Å². The van der Waals surface area contributed by atoms with E-state index in [2.05, 4.69) is 5.32 Å². The highest BCUT2D eigenvalue weighted by atomic mass is 16.4. The zero-order valence-electron chi connectivity index (χ0n) is 13.4. The predicted molar refractivity (Wildman–Crippen MR) is 87.2 cm³/mol. The molecular weight excluding hydrogens is 296 g/mol. The molecule has 2 N–H and O–H groups in total. The second kappa shape index (κ2) is 7.26.